The van der Waals surface area contributed by atoms with E-state index in [0.717, 1.165) is 11.7 Å². The first kappa shape index (κ1) is 10.1. The molecule has 1 fully saturated rings. The normalized spacial score (nSPS) is 40.3. The molecule has 0 aromatic carbocycles. The number of rotatable bonds is 4. The van der Waals surface area contributed by atoms with Gasteiger partial charge >= 0.3 is 0 Å². The Morgan fingerprint density at radius 3 is 2.33 bits per heavy atom. The highest BCUT2D eigenvalue weighted by atomic mass is 14.4. The van der Waals surface area contributed by atoms with E-state index in [2.05, 4.69) is 35.0 Å². The van der Waals surface area contributed by atoms with Crippen LogP contribution in [-0.4, -0.2) is 7.28 Å². The summed E-state index contributed by atoms with van der Waals surface area (Å²) in [6.07, 6.45) is 5.58. The predicted molar refractivity (Wildman–Crippen MR) is 56.9 cm³/mol. The van der Waals surface area contributed by atoms with Gasteiger partial charge in [-0.25, -0.2) is 0 Å². The zero-order valence-corrected chi connectivity index (χ0v) is 9.06. The van der Waals surface area contributed by atoms with Crippen LogP contribution in [0.5, 0.6) is 0 Å². The van der Waals surface area contributed by atoms with Crippen molar-refractivity contribution in [3.05, 3.63) is 0 Å². The molecule has 0 nitrogen and oxygen atoms in total. The molecule has 0 N–H and O–H groups in total. The molecular weight excluding hydrogens is 143 g/mol. The molecule has 1 saturated heterocycles. The van der Waals surface area contributed by atoms with Crippen LogP contribution < -0.4 is 0 Å². The minimum Gasteiger partial charge on any atom is -0.0694 e. The molecule has 0 aromatic heterocycles. The summed E-state index contributed by atoms with van der Waals surface area (Å²) < 4.78 is 0. The highest BCUT2D eigenvalue weighted by molar-refractivity contribution is 6.46. The average Bonchev–Trinajstić information content (AvgIpc) is 2.05. The van der Waals surface area contributed by atoms with Crippen molar-refractivity contribution in [2.24, 2.45) is 5.92 Å². The zero-order valence-electron chi connectivity index (χ0n) is 9.06. The molecule has 0 aliphatic carbocycles. The monoisotopic (exact) mass is 165 g/mol. The Morgan fingerprint density at radius 2 is 1.92 bits per heavy atom. The fourth-order valence-corrected chi connectivity index (χ4v) is 2.45. The van der Waals surface area contributed by atoms with Crippen LogP contribution in [0.1, 0.15) is 53.4 Å². The van der Waals surface area contributed by atoms with Crippen molar-refractivity contribution in [3.63, 3.8) is 0 Å². The molecular formula is C11H22B. The van der Waals surface area contributed by atoms with E-state index in [4.69, 9.17) is 0 Å². The van der Waals surface area contributed by atoms with Gasteiger partial charge in [-0.2, -0.15) is 0 Å². The van der Waals surface area contributed by atoms with E-state index in [0.29, 0.717) is 5.31 Å². The van der Waals surface area contributed by atoms with E-state index in [9.17, 15) is 0 Å². The lowest BCUT2D eigenvalue weighted by Crippen LogP contribution is -2.41. The van der Waals surface area contributed by atoms with Gasteiger partial charge in [0.15, 0.2) is 0 Å². The van der Waals surface area contributed by atoms with E-state index in [-0.39, 0.29) is 0 Å². The summed E-state index contributed by atoms with van der Waals surface area (Å²) >= 11 is 0. The summed E-state index contributed by atoms with van der Waals surface area (Å²) in [5.74, 6) is 1.77. The van der Waals surface area contributed by atoms with Gasteiger partial charge in [-0.05, 0) is 0 Å². The summed E-state index contributed by atoms with van der Waals surface area (Å²) in [7, 11) is 2.55. The maximum absolute atomic E-state index is 2.55. The summed E-state index contributed by atoms with van der Waals surface area (Å²) in [4.78, 5) is 0. The zero-order chi connectivity index (χ0) is 9.19. The quantitative estimate of drug-likeness (QED) is 0.437. The summed E-state index contributed by atoms with van der Waals surface area (Å²) in [6.45, 7) is 9.44. The molecule has 12 heavy (non-hydrogen) atoms. The van der Waals surface area contributed by atoms with Gasteiger partial charge < -0.3 is 0 Å². The highest BCUT2D eigenvalue weighted by Gasteiger charge is 2.44. The number of hydrogen-bond acceptors (Lipinski definition) is 0. The topological polar surface area (TPSA) is 0 Å². The molecule has 69 valence electrons. The minimum atomic E-state index is 0.578. The largest absolute Gasteiger partial charge is 0.122 e. The van der Waals surface area contributed by atoms with Gasteiger partial charge in [0.1, 0.15) is 7.28 Å². The second-order valence-electron chi connectivity index (χ2n) is 4.78. The molecule has 0 spiro atoms. The molecule has 1 aliphatic heterocycles. The van der Waals surface area contributed by atoms with Gasteiger partial charge in [0.25, 0.3) is 0 Å². The third kappa shape index (κ3) is 1.86. The Labute approximate surface area is 78.4 Å². The van der Waals surface area contributed by atoms with Gasteiger partial charge in [-0.1, -0.05) is 70.4 Å². The molecule has 1 rings (SSSR count). The molecule has 3 atom stereocenters. The first-order chi connectivity index (χ1) is 5.60. The van der Waals surface area contributed by atoms with E-state index in [1.165, 1.54) is 25.7 Å². The third-order valence-corrected chi connectivity index (χ3v) is 3.79. The molecule has 1 heterocycles. The van der Waals surface area contributed by atoms with Crippen LogP contribution in [0, 0.1) is 5.92 Å². The van der Waals surface area contributed by atoms with Crippen LogP contribution in [0.15, 0.2) is 0 Å². The Hall–Kier alpha value is 0.0649. The van der Waals surface area contributed by atoms with Crippen molar-refractivity contribution in [2.45, 2.75) is 64.5 Å². The fraction of sp³-hybridized carbons (Fsp3) is 1.00. The molecule has 3 unspecified atom stereocenters. The minimum absolute atomic E-state index is 0.578. The van der Waals surface area contributed by atoms with Crippen molar-refractivity contribution in [1.82, 2.24) is 0 Å². The SMILES string of the molecule is CCCCCC1(C)[B]C(C)C1C. The fourth-order valence-electron chi connectivity index (χ4n) is 2.45. The van der Waals surface area contributed by atoms with Crippen LogP contribution in [0.3, 0.4) is 0 Å². The van der Waals surface area contributed by atoms with E-state index < -0.39 is 0 Å². The van der Waals surface area contributed by atoms with Gasteiger partial charge in [0, 0.05) is 0 Å². The van der Waals surface area contributed by atoms with Crippen LogP contribution in [-0.2, 0) is 0 Å². The van der Waals surface area contributed by atoms with Gasteiger partial charge in [0.05, 0.1) is 0 Å². The summed E-state index contributed by atoms with van der Waals surface area (Å²) in [5, 5.41) is 0.578. The molecule has 0 bridgehead atoms. The van der Waals surface area contributed by atoms with E-state index >= 15 is 0 Å². The standard InChI is InChI=1S/C11H22B/c1-5-6-7-8-11(4)9(2)10(3)12-11/h9-10H,5-8H2,1-4H3. The van der Waals surface area contributed by atoms with Crippen molar-refractivity contribution in [1.29, 1.82) is 0 Å². The Kier molecular flexibility index (Phi) is 3.26. The smallest absolute Gasteiger partial charge is 0.0694 e. The van der Waals surface area contributed by atoms with E-state index in [1.54, 1.807) is 0 Å². The average molecular weight is 165 g/mol. The van der Waals surface area contributed by atoms with Gasteiger partial charge in [-0.15, -0.1) is 0 Å². The van der Waals surface area contributed by atoms with Crippen molar-refractivity contribution < 1.29 is 0 Å². The van der Waals surface area contributed by atoms with Crippen molar-refractivity contribution in [2.75, 3.05) is 0 Å². The molecule has 1 radical (unpaired) electrons. The first-order valence-corrected chi connectivity index (χ1v) is 5.46. The Balaban J connectivity index is 2.22. The van der Waals surface area contributed by atoms with Crippen LogP contribution in [0.4, 0.5) is 0 Å². The van der Waals surface area contributed by atoms with Crippen LogP contribution in [0.2, 0.25) is 11.1 Å². The lowest BCUT2D eigenvalue weighted by molar-refractivity contribution is 0.302. The number of hydrogen-bond donors (Lipinski definition) is 0. The third-order valence-electron chi connectivity index (χ3n) is 3.79. The highest BCUT2D eigenvalue weighted by Crippen LogP contribution is 2.56. The molecule has 1 heteroatoms. The van der Waals surface area contributed by atoms with E-state index in [1.807, 2.05) is 0 Å². The number of unbranched alkanes of at least 4 members (excludes halogenated alkanes) is 2. The second kappa shape index (κ2) is 3.85. The predicted octanol–water partition coefficient (Wildman–Crippen LogP) is 3.91. The molecule has 0 amide bonds. The van der Waals surface area contributed by atoms with Gasteiger partial charge in [0.2, 0.25) is 0 Å². The van der Waals surface area contributed by atoms with Crippen molar-refractivity contribution in [3.8, 4) is 0 Å². The summed E-state index contributed by atoms with van der Waals surface area (Å²) in [5.41, 5.74) is 0. The molecule has 0 aromatic rings. The maximum Gasteiger partial charge on any atom is 0.122 e. The van der Waals surface area contributed by atoms with Crippen LogP contribution in [0.25, 0.3) is 0 Å². The van der Waals surface area contributed by atoms with Crippen LogP contribution >= 0.6 is 0 Å². The van der Waals surface area contributed by atoms with Gasteiger partial charge in [-0.3, -0.25) is 0 Å². The lowest BCUT2D eigenvalue weighted by Gasteiger charge is -2.50. The van der Waals surface area contributed by atoms with Crippen molar-refractivity contribution >= 4 is 7.28 Å². The Morgan fingerprint density at radius 1 is 1.25 bits per heavy atom. The lowest BCUT2D eigenvalue weighted by atomic mass is 9.27. The molecule has 0 saturated carbocycles. The second-order valence-corrected chi connectivity index (χ2v) is 4.78. The summed E-state index contributed by atoms with van der Waals surface area (Å²) in [6, 6.07) is 0. The Bertz CT molecular complexity index is 144. The first-order valence-electron chi connectivity index (χ1n) is 5.46. The maximum atomic E-state index is 2.55. The molecule has 1 aliphatic rings.